The number of halogens is 1. The molecule has 0 spiro atoms. The first-order chi connectivity index (χ1) is 19.6. The predicted molar refractivity (Wildman–Crippen MR) is 156 cm³/mol. The molecule has 0 saturated carbocycles. The van der Waals surface area contributed by atoms with Gasteiger partial charge in [-0.1, -0.05) is 31.5 Å². The molecule has 1 fully saturated rings. The largest absolute Gasteiger partial charge is 0.464 e. The lowest BCUT2D eigenvalue weighted by atomic mass is 10.1. The first kappa shape index (κ1) is 30.7. The van der Waals surface area contributed by atoms with E-state index >= 15 is 0 Å². The molecule has 2 aromatic heterocycles. The minimum atomic E-state index is -4.38. The average molecular weight is 622 g/mol. The Bertz CT molecular complexity index is 1540. The predicted octanol–water partition coefficient (Wildman–Crippen LogP) is 3.60. The second-order valence-electron chi connectivity index (χ2n) is 9.47. The Kier molecular flexibility index (Phi) is 9.84. The molecule has 220 valence electrons. The molecular weight excluding hydrogens is 590 g/mol. The van der Waals surface area contributed by atoms with Crippen molar-refractivity contribution < 1.29 is 27.5 Å². The number of sulfonamides is 1. The number of carbonyl (C=O) groups excluding carboxylic acids is 3. The lowest BCUT2D eigenvalue weighted by Crippen LogP contribution is -2.52. The van der Waals surface area contributed by atoms with Gasteiger partial charge in [0.1, 0.15) is 17.9 Å². The third-order valence-electron chi connectivity index (χ3n) is 6.65. The van der Waals surface area contributed by atoms with Crippen molar-refractivity contribution in [2.45, 2.75) is 56.5 Å². The Balaban J connectivity index is 1.77. The number of hydrogen-bond acceptors (Lipinski definition) is 8. The van der Waals surface area contributed by atoms with Gasteiger partial charge in [0.2, 0.25) is 15.9 Å². The second-order valence-corrected chi connectivity index (χ2v) is 12.9. The van der Waals surface area contributed by atoms with Crippen LogP contribution in [-0.4, -0.2) is 54.9 Å². The molecule has 2 N–H and O–H groups in total. The summed E-state index contributed by atoms with van der Waals surface area (Å²) >= 11 is 7.06. The van der Waals surface area contributed by atoms with Crippen molar-refractivity contribution >= 4 is 56.4 Å². The van der Waals surface area contributed by atoms with E-state index in [1.807, 2.05) is 6.92 Å². The van der Waals surface area contributed by atoms with Crippen LogP contribution in [0.4, 0.5) is 5.69 Å². The number of benzene rings is 1. The first-order valence-electron chi connectivity index (χ1n) is 13.2. The van der Waals surface area contributed by atoms with Crippen molar-refractivity contribution in [3.05, 3.63) is 63.3 Å². The molecule has 41 heavy (non-hydrogen) atoms. The average Bonchev–Trinajstić information content (AvgIpc) is 3.69. The molecule has 0 bridgehead atoms. The fraction of sp³-hybridized carbons (Fsp3) is 0.407. The third-order valence-corrected chi connectivity index (χ3v) is 9.41. The van der Waals surface area contributed by atoms with Gasteiger partial charge in [-0.2, -0.15) is 4.72 Å². The summed E-state index contributed by atoms with van der Waals surface area (Å²) in [4.78, 5) is 45.2. The smallest absolute Gasteiger partial charge is 0.326 e. The number of hydrogen-bond donors (Lipinski definition) is 2. The van der Waals surface area contributed by atoms with Gasteiger partial charge in [0.15, 0.2) is 0 Å². The molecule has 14 heteroatoms. The summed E-state index contributed by atoms with van der Waals surface area (Å²) in [6.45, 7) is 4.15. The van der Waals surface area contributed by atoms with E-state index in [9.17, 15) is 22.8 Å². The number of aryl methyl sites for hydroxylation is 1. The molecule has 11 nitrogen and oxygen atoms in total. The highest BCUT2D eigenvalue weighted by Gasteiger charge is 2.39. The monoisotopic (exact) mass is 621 g/mol. The van der Waals surface area contributed by atoms with E-state index in [2.05, 4.69) is 15.0 Å². The number of aromatic nitrogens is 2. The van der Waals surface area contributed by atoms with E-state index in [0.717, 1.165) is 11.3 Å². The Morgan fingerprint density at radius 1 is 1.22 bits per heavy atom. The van der Waals surface area contributed by atoms with Crippen LogP contribution < -0.4 is 14.9 Å². The number of imidazole rings is 1. The number of rotatable bonds is 12. The van der Waals surface area contributed by atoms with E-state index in [4.69, 9.17) is 16.3 Å². The van der Waals surface area contributed by atoms with Gasteiger partial charge in [-0.05, 0) is 49.1 Å². The van der Waals surface area contributed by atoms with Crippen molar-refractivity contribution in [1.29, 1.82) is 0 Å². The summed E-state index contributed by atoms with van der Waals surface area (Å²) < 4.78 is 37.9. The van der Waals surface area contributed by atoms with Crippen LogP contribution in [0.3, 0.4) is 0 Å². The molecule has 1 aromatic carbocycles. The van der Waals surface area contributed by atoms with Gasteiger partial charge in [0.05, 0.1) is 20.7 Å². The fourth-order valence-corrected chi connectivity index (χ4v) is 7.19. The normalized spacial score (nSPS) is 15.1. The van der Waals surface area contributed by atoms with E-state index in [0.29, 0.717) is 47.8 Å². The molecule has 4 rings (SSSR count). The van der Waals surface area contributed by atoms with Gasteiger partial charge >= 0.3 is 5.97 Å². The van der Waals surface area contributed by atoms with Crippen LogP contribution in [0.2, 0.25) is 4.34 Å². The summed E-state index contributed by atoms with van der Waals surface area (Å²) in [7, 11) is -2.72. The maximum Gasteiger partial charge on any atom is 0.326 e. The topological polar surface area (TPSA) is 140 Å². The highest BCUT2D eigenvalue weighted by molar-refractivity contribution is 7.89. The summed E-state index contributed by atoms with van der Waals surface area (Å²) in [6.07, 6.45) is 4.99. The minimum absolute atomic E-state index is 0.0472. The summed E-state index contributed by atoms with van der Waals surface area (Å²) in [5.74, 6) is -1.29. The maximum atomic E-state index is 14.0. The van der Waals surface area contributed by atoms with Crippen LogP contribution in [-0.2, 0) is 37.8 Å². The van der Waals surface area contributed by atoms with Crippen LogP contribution in [0, 0.1) is 0 Å². The highest BCUT2D eigenvalue weighted by Crippen LogP contribution is 2.32. The fourth-order valence-electron chi connectivity index (χ4n) is 4.71. The Morgan fingerprint density at radius 3 is 2.59 bits per heavy atom. The summed E-state index contributed by atoms with van der Waals surface area (Å²) in [5.41, 5.74) is 0.966. The van der Waals surface area contributed by atoms with Crippen LogP contribution in [0.1, 0.15) is 60.2 Å². The second kappa shape index (κ2) is 13.1. The number of anilines is 1. The molecule has 1 aliphatic rings. The van der Waals surface area contributed by atoms with E-state index < -0.39 is 34.0 Å². The van der Waals surface area contributed by atoms with E-state index in [1.54, 1.807) is 47.8 Å². The molecule has 1 saturated heterocycles. The lowest BCUT2D eigenvalue weighted by molar-refractivity contribution is -0.146. The molecule has 0 radical (unpaired) electrons. The lowest BCUT2D eigenvalue weighted by Gasteiger charge is -2.28. The molecule has 1 aliphatic heterocycles. The molecule has 1 unspecified atom stereocenters. The Morgan fingerprint density at radius 2 is 2.00 bits per heavy atom. The van der Waals surface area contributed by atoms with Gasteiger partial charge < -0.3 is 19.5 Å². The van der Waals surface area contributed by atoms with E-state index in [-0.39, 0.29) is 28.1 Å². The zero-order valence-electron chi connectivity index (χ0n) is 22.9. The van der Waals surface area contributed by atoms with Crippen molar-refractivity contribution in [2.75, 3.05) is 18.1 Å². The standard InChI is InChI=1S/C27H32ClN5O6S2/c1-4-16-39-27(36)24(23(25-29-13-15-32(25)3)30-26(35)19-11-12-21(28)40-19)31-41(37,38)20-9-6-8-18(17(20)5-2)33-14-7-10-22(33)34/h6,8-9,11-13,15,23-24,31H,4-5,7,10,14,16H2,1-3H3,(H,30,35)/t23?,24-/m0/s1. The zero-order valence-corrected chi connectivity index (χ0v) is 25.3. The molecule has 3 heterocycles. The quantitative estimate of drug-likeness (QED) is 0.295. The van der Waals surface area contributed by atoms with Gasteiger partial charge in [0.25, 0.3) is 5.91 Å². The van der Waals surface area contributed by atoms with Crippen molar-refractivity contribution in [3.8, 4) is 0 Å². The van der Waals surface area contributed by atoms with Gasteiger partial charge in [-0.25, -0.2) is 13.4 Å². The maximum absolute atomic E-state index is 14.0. The molecule has 2 amide bonds. The summed E-state index contributed by atoms with van der Waals surface area (Å²) in [6, 6.07) is 5.00. The summed E-state index contributed by atoms with van der Waals surface area (Å²) in [5, 5.41) is 2.76. The number of carbonyl (C=O) groups is 3. The van der Waals surface area contributed by atoms with Gasteiger partial charge in [0, 0.05) is 38.1 Å². The van der Waals surface area contributed by atoms with Crippen molar-refractivity contribution in [2.24, 2.45) is 7.05 Å². The van der Waals surface area contributed by atoms with Crippen LogP contribution in [0.5, 0.6) is 0 Å². The zero-order chi connectivity index (χ0) is 29.7. The van der Waals surface area contributed by atoms with Gasteiger partial charge in [-0.15, -0.1) is 11.3 Å². The van der Waals surface area contributed by atoms with Crippen LogP contribution in [0.25, 0.3) is 0 Å². The van der Waals surface area contributed by atoms with Crippen LogP contribution in [0.15, 0.2) is 47.6 Å². The minimum Gasteiger partial charge on any atom is -0.464 e. The number of nitrogens with one attached hydrogen (secondary N) is 2. The van der Waals surface area contributed by atoms with E-state index in [1.165, 1.54) is 18.3 Å². The molecular formula is C27H32ClN5O6S2. The number of amides is 2. The number of thiophene rings is 1. The number of nitrogens with zero attached hydrogens (tertiary/aromatic N) is 3. The molecule has 2 atom stereocenters. The Labute approximate surface area is 247 Å². The third kappa shape index (κ3) is 6.80. The van der Waals surface area contributed by atoms with Gasteiger partial charge in [-0.3, -0.25) is 14.4 Å². The molecule has 0 aliphatic carbocycles. The SMILES string of the molecule is CCCOC(=O)[C@@H](NS(=O)(=O)c1cccc(N2CCCC2=O)c1CC)C(NC(=O)c1ccc(Cl)s1)c1nccn1C. The Hall–Kier alpha value is -3.26. The van der Waals surface area contributed by atoms with Crippen molar-refractivity contribution in [3.63, 3.8) is 0 Å². The number of esters is 1. The first-order valence-corrected chi connectivity index (χ1v) is 15.9. The van der Waals surface area contributed by atoms with Crippen LogP contribution >= 0.6 is 22.9 Å². The highest BCUT2D eigenvalue weighted by atomic mass is 35.5. The number of ether oxygens (including phenoxy) is 1. The molecule has 3 aromatic rings. The van der Waals surface area contributed by atoms with Crippen molar-refractivity contribution in [1.82, 2.24) is 19.6 Å².